The summed E-state index contributed by atoms with van der Waals surface area (Å²) in [6, 6.07) is 8.21. The average molecular weight is 218 g/mol. The molecule has 2 rings (SSSR count). The molecule has 0 bridgehead atoms. The summed E-state index contributed by atoms with van der Waals surface area (Å²) in [5.41, 5.74) is 7.06. The van der Waals surface area contributed by atoms with Crippen molar-refractivity contribution in [2.75, 3.05) is 6.61 Å². The zero-order chi connectivity index (χ0) is 11.5. The van der Waals surface area contributed by atoms with Gasteiger partial charge < -0.3 is 10.5 Å². The lowest BCUT2D eigenvalue weighted by Crippen LogP contribution is -2.22. The van der Waals surface area contributed by atoms with Gasteiger partial charge in [-0.25, -0.2) is 0 Å². The molecule has 86 valence electrons. The number of para-hydroxylation sites is 1. The van der Waals surface area contributed by atoms with Crippen LogP contribution < -0.4 is 10.5 Å². The van der Waals surface area contributed by atoms with Crippen LogP contribution >= 0.6 is 0 Å². The third kappa shape index (κ3) is 2.18. The highest BCUT2D eigenvalue weighted by atomic mass is 16.5. The zero-order valence-electron chi connectivity index (χ0n) is 9.81. The Morgan fingerprint density at radius 1 is 1.44 bits per heavy atom. The Labute approximate surface area is 96.3 Å². The normalized spacial score (nSPS) is 20.4. The summed E-state index contributed by atoms with van der Waals surface area (Å²) in [5, 5.41) is 0. The molecule has 0 fully saturated rings. The smallest absolute Gasteiger partial charge is 0.124 e. The van der Waals surface area contributed by atoms with Gasteiger partial charge in [-0.1, -0.05) is 32.0 Å². The monoisotopic (exact) mass is 218 g/mol. The fourth-order valence-electron chi connectivity index (χ4n) is 1.79. The van der Waals surface area contributed by atoms with Crippen molar-refractivity contribution in [2.24, 2.45) is 16.6 Å². The second-order valence-corrected chi connectivity index (χ2v) is 4.40. The molecule has 0 spiro atoms. The summed E-state index contributed by atoms with van der Waals surface area (Å²) < 4.78 is 5.59. The summed E-state index contributed by atoms with van der Waals surface area (Å²) in [5.74, 6) is 1.97. The van der Waals surface area contributed by atoms with E-state index < -0.39 is 0 Å². The Hall–Kier alpha value is -1.51. The highest BCUT2D eigenvalue weighted by Gasteiger charge is 2.20. The predicted octanol–water partition coefficient (Wildman–Crippen LogP) is 2.52. The number of ether oxygens (including phenoxy) is 1. The topological polar surface area (TPSA) is 47.6 Å². The van der Waals surface area contributed by atoms with E-state index >= 15 is 0 Å². The second-order valence-electron chi connectivity index (χ2n) is 4.40. The maximum atomic E-state index is 5.91. The molecule has 2 N–H and O–H groups in total. The fourth-order valence-corrected chi connectivity index (χ4v) is 1.79. The summed E-state index contributed by atoms with van der Waals surface area (Å²) in [6.45, 7) is 4.84. The standard InChI is InChI=1S/C13H18N2O/c1-9(2)13(14)15-11-7-8-16-12-6-4-3-5-10(11)12/h3-6,9,11H,7-8H2,1-2H3,(H2,14,15). The van der Waals surface area contributed by atoms with Gasteiger partial charge in [-0.15, -0.1) is 0 Å². The largest absolute Gasteiger partial charge is 0.493 e. The fraction of sp³-hybridized carbons (Fsp3) is 0.462. The van der Waals surface area contributed by atoms with Gasteiger partial charge in [0.15, 0.2) is 0 Å². The van der Waals surface area contributed by atoms with Crippen LogP contribution in [0.3, 0.4) is 0 Å². The first kappa shape index (κ1) is 11.0. The van der Waals surface area contributed by atoms with E-state index in [-0.39, 0.29) is 6.04 Å². The first-order valence-corrected chi connectivity index (χ1v) is 5.73. The lowest BCUT2D eigenvalue weighted by atomic mass is 10.0. The van der Waals surface area contributed by atoms with Crippen molar-refractivity contribution in [2.45, 2.75) is 26.3 Å². The van der Waals surface area contributed by atoms with Crippen LogP contribution in [0.15, 0.2) is 29.3 Å². The van der Waals surface area contributed by atoms with Crippen LogP contribution in [0.5, 0.6) is 5.75 Å². The molecule has 0 aliphatic carbocycles. The third-order valence-corrected chi connectivity index (χ3v) is 2.82. The van der Waals surface area contributed by atoms with Crippen LogP contribution in [0.4, 0.5) is 0 Å². The van der Waals surface area contributed by atoms with Crippen molar-refractivity contribution in [1.82, 2.24) is 0 Å². The molecule has 1 unspecified atom stereocenters. The lowest BCUT2D eigenvalue weighted by Gasteiger charge is -2.23. The van der Waals surface area contributed by atoms with Crippen LogP contribution in [0.2, 0.25) is 0 Å². The van der Waals surface area contributed by atoms with E-state index in [0.29, 0.717) is 5.92 Å². The number of hydrogen-bond donors (Lipinski definition) is 1. The number of rotatable bonds is 2. The molecule has 0 amide bonds. The number of nitrogens with zero attached hydrogens (tertiary/aromatic N) is 1. The molecular formula is C13H18N2O. The molecule has 3 heteroatoms. The first-order chi connectivity index (χ1) is 7.68. The van der Waals surface area contributed by atoms with Gasteiger partial charge >= 0.3 is 0 Å². The van der Waals surface area contributed by atoms with Gasteiger partial charge in [0.05, 0.1) is 18.5 Å². The number of aliphatic imine (C=N–C) groups is 1. The molecule has 1 atom stereocenters. The third-order valence-electron chi connectivity index (χ3n) is 2.82. The molecule has 1 heterocycles. The number of hydrogen-bond acceptors (Lipinski definition) is 2. The highest BCUT2D eigenvalue weighted by molar-refractivity contribution is 5.82. The molecule has 0 aromatic heterocycles. The summed E-state index contributed by atoms with van der Waals surface area (Å²) in [6.07, 6.45) is 0.907. The number of amidine groups is 1. The minimum absolute atomic E-state index is 0.160. The molecule has 0 saturated carbocycles. The summed E-state index contributed by atoms with van der Waals surface area (Å²) in [4.78, 5) is 4.59. The van der Waals surface area contributed by atoms with E-state index in [0.717, 1.165) is 30.2 Å². The summed E-state index contributed by atoms with van der Waals surface area (Å²) >= 11 is 0. The Kier molecular flexibility index (Phi) is 3.13. The van der Waals surface area contributed by atoms with Gasteiger partial charge in [-0.05, 0) is 6.07 Å². The van der Waals surface area contributed by atoms with Crippen LogP contribution in [0.25, 0.3) is 0 Å². The van der Waals surface area contributed by atoms with Crippen molar-refractivity contribution >= 4 is 5.84 Å². The van der Waals surface area contributed by atoms with E-state index in [1.54, 1.807) is 0 Å². The number of benzene rings is 1. The molecule has 16 heavy (non-hydrogen) atoms. The average Bonchev–Trinajstić information content (AvgIpc) is 2.29. The minimum Gasteiger partial charge on any atom is -0.493 e. The van der Waals surface area contributed by atoms with Gasteiger partial charge in [-0.2, -0.15) is 0 Å². The van der Waals surface area contributed by atoms with Crippen molar-refractivity contribution in [1.29, 1.82) is 0 Å². The van der Waals surface area contributed by atoms with Crippen LogP contribution in [-0.4, -0.2) is 12.4 Å². The Morgan fingerprint density at radius 3 is 2.94 bits per heavy atom. The van der Waals surface area contributed by atoms with E-state index in [2.05, 4.69) is 24.9 Å². The predicted molar refractivity (Wildman–Crippen MR) is 65.8 cm³/mol. The van der Waals surface area contributed by atoms with Gasteiger partial charge in [-0.3, -0.25) is 4.99 Å². The molecule has 0 radical (unpaired) electrons. The quantitative estimate of drug-likeness (QED) is 0.612. The minimum atomic E-state index is 0.160. The van der Waals surface area contributed by atoms with E-state index in [4.69, 9.17) is 10.5 Å². The molecule has 1 aliphatic heterocycles. The van der Waals surface area contributed by atoms with Gasteiger partial charge in [0.25, 0.3) is 0 Å². The van der Waals surface area contributed by atoms with E-state index in [1.807, 2.05) is 18.2 Å². The van der Waals surface area contributed by atoms with Crippen molar-refractivity contribution in [3.63, 3.8) is 0 Å². The maximum absolute atomic E-state index is 5.91. The van der Waals surface area contributed by atoms with Gasteiger partial charge in [0.1, 0.15) is 5.75 Å². The maximum Gasteiger partial charge on any atom is 0.124 e. The molecule has 1 aromatic rings. The van der Waals surface area contributed by atoms with E-state index in [9.17, 15) is 0 Å². The Bertz CT molecular complexity index is 399. The molecule has 3 nitrogen and oxygen atoms in total. The SMILES string of the molecule is CC(C)C(N)=NC1CCOc2ccccc21. The van der Waals surface area contributed by atoms with Crippen molar-refractivity contribution < 1.29 is 4.74 Å². The first-order valence-electron chi connectivity index (χ1n) is 5.73. The van der Waals surface area contributed by atoms with Crippen molar-refractivity contribution in [3.8, 4) is 5.75 Å². The van der Waals surface area contributed by atoms with Gasteiger partial charge in [0, 0.05) is 17.9 Å². The van der Waals surface area contributed by atoms with Crippen LogP contribution in [0, 0.1) is 5.92 Å². The number of nitrogens with two attached hydrogens (primary N) is 1. The van der Waals surface area contributed by atoms with Gasteiger partial charge in [0.2, 0.25) is 0 Å². The van der Waals surface area contributed by atoms with Crippen LogP contribution in [0.1, 0.15) is 31.9 Å². The molecular weight excluding hydrogens is 200 g/mol. The highest BCUT2D eigenvalue weighted by Crippen LogP contribution is 2.34. The molecule has 0 saturated heterocycles. The number of fused-ring (bicyclic) bond motifs is 1. The van der Waals surface area contributed by atoms with Crippen molar-refractivity contribution in [3.05, 3.63) is 29.8 Å². The van der Waals surface area contributed by atoms with E-state index in [1.165, 1.54) is 0 Å². The Morgan fingerprint density at radius 2 is 2.19 bits per heavy atom. The molecule has 1 aromatic carbocycles. The zero-order valence-corrected chi connectivity index (χ0v) is 9.81. The van der Waals surface area contributed by atoms with Crippen LogP contribution in [-0.2, 0) is 0 Å². The molecule has 1 aliphatic rings. The summed E-state index contributed by atoms with van der Waals surface area (Å²) in [7, 11) is 0. The second kappa shape index (κ2) is 4.56. The lowest BCUT2D eigenvalue weighted by molar-refractivity contribution is 0.269. The Balaban J connectivity index is 2.29.